The predicted octanol–water partition coefficient (Wildman–Crippen LogP) is 2.98. The summed E-state index contributed by atoms with van der Waals surface area (Å²) < 4.78 is 28.3. The molecule has 0 fully saturated rings. The summed E-state index contributed by atoms with van der Waals surface area (Å²) in [7, 11) is -4.08. The second kappa shape index (κ2) is 11.5. The summed E-state index contributed by atoms with van der Waals surface area (Å²) in [5, 5.41) is 12.5. The Balaban J connectivity index is 1.55. The highest BCUT2D eigenvalue weighted by molar-refractivity contribution is 7.89. The molecule has 0 aliphatic carbocycles. The van der Waals surface area contributed by atoms with E-state index in [0.29, 0.717) is 36.6 Å². The average molecular weight is 471 g/mol. The van der Waals surface area contributed by atoms with E-state index >= 15 is 0 Å². The number of amides is 2. The number of carbonyl (C=O) groups is 2. The van der Waals surface area contributed by atoms with Crippen molar-refractivity contribution in [3.05, 3.63) is 66.9 Å². The zero-order chi connectivity index (χ0) is 23.7. The molecule has 0 radical (unpaired) electrons. The van der Waals surface area contributed by atoms with Crippen LogP contribution in [0.15, 0.2) is 71.8 Å². The minimum atomic E-state index is -4.08. The second-order valence-electron chi connectivity index (χ2n) is 7.49. The number of fused-ring (bicyclic) bond motifs is 1. The molecule has 10 heteroatoms. The smallest absolute Gasteiger partial charge is 0.261 e. The standard InChI is InChI=1S/C23H26N4O5S/c28-21(25-18-11-3-1-4-12-18)15-6-2-5-13-19(23(29)26-30)27-33(31,32)20-14-7-9-17-10-8-16-24-22(17)20/h1,3-4,7-12,14,16,19,27,30H,2,5-6,13,15H2,(H,25,28)(H,26,29)/t19-/m0/s1. The Morgan fingerprint density at radius 2 is 1.70 bits per heavy atom. The van der Waals surface area contributed by atoms with Crippen molar-refractivity contribution in [2.45, 2.75) is 43.0 Å². The first-order valence-electron chi connectivity index (χ1n) is 10.6. The third-order valence-corrected chi connectivity index (χ3v) is 6.57. The highest BCUT2D eigenvalue weighted by Crippen LogP contribution is 2.21. The van der Waals surface area contributed by atoms with E-state index in [1.54, 1.807) is 36.4 Å². The number of hydrogen-bond acceptors (Lipinski definition) is 6. The summed E-state index contributed by atoms with van der Waals surface area (Å²) >= 11 is 0. The molecule has 1 aromatic heterocycles. The quantitative estimate of drug-likeness (QED) is 0.193. The molecule has 2 amide bonds. The van der Waals surface area contributed by atoms with Crippen LogP contribution in [0, 0.1) is 0 Å². The Kier molecular flexibility index (Phi) is 8.47. The number of nitrogens with zero attached hydrogens (tertiary/aromatic N) is 1. The zero-order valence-corrected chi connectivity index (χ0v) is 18.7. The maximum atomic E-state index is 13.0. The molecule has 2 aromatic carbocycles. The van der Waals surface area contributed by atoms with Crippen LogP contribution in [0.25, 0.3) is 10.9 Å². The number of para-hydroxylation sites is 2. The minimum absolute atomic E-state index is 0.0473. The van der Waals surface area contributed by atoms with Crippen molar-refractivity contribution in [3.8, 4) is 0 Å². The number of nitrogens with one attached hydrogen (secondary N) is 3. The Bertz CT molecular complexity index is 1200. The van der Waals surface area contributed by atoms with Crippen molar-refractivity contribution in [2.24, 2.45) is 0 Å². The van der Waals surface area contributed by atoms with Gasteiger partial charge in [-0.3, -0.25) is 19.8 Å². The van der Waals surface area contributed by atoms with Gasteiger partial charge in [0.15, 0.2) is 0 Å². The molecule has 0 saturated heterocycles. The van der Waals surface area contributed by atoms with Gasteiger partial charge in [0.05, 0.1) is 5.52 Å². The van der Waals surface area contributed by atoms with E-state index in [0.717, 1.165) is 5.69 Å². The average Bonchev–Trinajstić information content (AvgIpc) is 2.82. The number of pyridine rings is 1. The van der Waals surface area contributed by atoms with Gasteiger partial charge in [-0.1, -0.05) is 49.2 Å². The van der Waals surface area contributed by atoms with Crippen molar-refractivity contribution in [2.75, 3.05) is 5.32 Å². The predicted molar refractivity (Wildman–Crippen MR) is 124 cm³/mol. The number of unbranched alkanes of at least 4 members (excludes halogenated alkanes) is 2. The van der Waals surface area contributed by atoms with Crippen molar-refractivity contribution < 1.29 is 23.2 Å². The molecule has 0 aliphatic rings. The molecule has 3 aromatic rings. The maximum absolute atomic E-state index is 13.0. The van der Waals surface area contributed by atoms with Crippen molar-refractivity contribution >= 4 is 38.4 Å². The molecular formula is C23H26N4O5S. The van der Waals surface area contributed by atoms with Crippen molar-refractivity contribution in [1.29, 1.82) is 0 Å². The first-order valence-corrected chi connectivity index (χ1v) is 12.0. The summed E-state index contributed by atoms with van der Waals surface area (Å²) in [6.07, 6.45) is 3.62. The fourth-order valence-electron chi connectivity index (χ4n) is 3.42. The van der Waals surface area contributed by atoms with E-state index in [-0.39, 0.29) is 17.2 Å². The lowest BCUT2D eigenvalue weighted by atomic mass is 10.1. The third kappa shape index (κ3) is 6.82. The van der Waals surface area contributed by atoms with Gasteiger partial charge >= 0.3 is 0 Å². The van der Waals surface area contributed by atoms with E-state index in [9.17, 15) is 18.0 Å². The minimum Gasteiger partial charge on any atom is -0.326 e. The second-order valence-corrected chi connectivity index (χ2v) is 9.18. The largest absolute Gasteiger partial charge is 0.326 e. The molecule has 0 saturated carbocycles. The van der Waals surface area contributed by atoms with Gasteiger partial charge in [0.1, 0.15) is 10.9 Å². The highest BCUT2D eigenvalue weighted by atomic mass is 32.2. The van der Waals surface area contributed by atoms with Crippen LogP contribution in [0.2, 0.25) is 0 Å². The number of aromatic nitrogens is 1. The zero-order valence-electron chi connectivity index (χ0n) is 17.9. The fraction of sp³-hybridized carbons (Fsp3) is 0.261. The van der Waals surface area contributed by atoms with Gasteiger partial charge in [-0.25, -0.2) is 13.9 Å². The molecule has 4 N–H and O–H groups in total. The maximum Gasteiger partial charge on any atom is 0.261 e. The van der Waals surface area contributed by atoms with Crippen LogP contribution in [0.1, 0.15) is 32.1 Å². The molecule has 0 unspecified atom stereocenters. The summed E-state index contributed by atoms with van der Waals surface area (Å²) in [5.74, 6) is -0.969. The van der Waals surface area contributed by atoms with Crippen LogP contribution in [-0.4, -0.2) is 36.5 Å². The van der Waals surface area contributed by atoms with E-state index in [4.69, 9.17) is 5.21 Å². The SMILES string of the molecule is O=C(CCCCC[C@H](NS(=O)(=O)c1cccc2cccnc12)C(=O)NO)Nc1ccccc1. The van der Waals surface area contributed by atoms with E-state index < -0.39 is 22.0 Å². The number of hydrogen-bond donors (Lipinski definition) is 4. The Labute approximate surface area is 192 Å². The molecule has 0 spiro atoms. The molecular weight excluding hydrogens is 444 g/mol. The number of hydroxylamine groups is 1. The molecule has 33 heavy (non-hydrogen) atoms. The lowest BCUT2D eigenvalue weighted by molar-refractivity contribution is -0.131. The van der Waals surface area contributed by atoms with Gasteiger partial charge < -0.3 is 5.32 Å². The number of carbonyl (C=O) groups excluding carboxylic acids is 2. The van der Waals surface area contributed by atoms with Crippen LogP contribution in [0.5, 0.6) is 0 Å². The third-order valence-electron chi connectivity index (χ3n) is 5.06. The van der Waals surface area contributed by atoms with E-state index in [2.05, 4.69) is 15.0 Å². The lowest BCUT2D eigenvalue weighted by Crippen LogP contribution is -2.45. The van der Waals surface area contributed by atoms with E-state index in [1.807, 2.05) is 18.2 Å². The van der Waals surface area contributed by atoms with Crippen molar-refractivity contribution in [1.82, 2.24) is 15.2 Å². The first-order chi connectivity index (χ1) is 15.9. The van der Waals surface area contributed by atoms with Crippen LogP contribution in [0.3, 0.4) is 0 Å². The summed E-state index contributed by atoms with van der Waals surface area (Å²) in [5.41, 5.74) is 2.53. The number of anilines is 1. The Hall–Kier alpha value is -3.34. The Morgan fingerprint density at radius 1 is 0.939 bits per heavy atom. The van der Waals surface area contributed by atoms with Crippen LogP contribution in [-0.2, 0) is 19.6 Å². The molecule has 174 valence electrons. The molecule has 0 aliphatic heterocycles. The number of sulfonamides is 1. The number of rotatable bonds is 11. The van der Waals surface area contributed by atoms with Gasteiger partial charge in [0, 0.05) is 23.7 Å². The summed E-state index contributed by atoms with van der Waals surface area (Å²) in [4.78, 5) is 28.2. The molecule has 9 nitrogen and oxygen atoms in total. The molecule has 1 heterocycles. The van der Waals surface area contributed by atoms with Gasteiger partial charge in [0.2, 0.25) is 15.9 Å². The summed E-state index contributed by atoms with van der Waals surface area (Å²) in [6, 6.07) is 16.2. The van der Waals surface area contributed by atoms with Crippen LogP contribution < -0.4 is 15.5 Å². The van der Waals surface area contributed by atoms with Crippen LogP contribution >= 0.6 is 0 Å². The normalized spacial score (nSPS) is 12.3. The van der Waals surface area contributed by atoms with Gasteiger partial charge in [-0.05, 0) is 37.1 Å². The summed E-state index contributed by atoms with van der Waals surface area (Å²) in [6.45, 7) is 0. The van der Waals surface area contributed by atoms with Crippen molar-refractivity contribution in [3.63, 3.8) is 0 Å². The van der Waals surface area contributed by atoms with E-state index in [1.165, 1.54) is 17.7 Å². The monoisotopic (exact) mass is 470 g/mol. The highest BCUT2D eigenvalue weighted by Gasteiger charge is 2.27. The van der Waals surface area contributed by atoms with Gasteiger partial charge in [0.25, 0.3) is 5.91 Å². The fourth-order valence-corrected chi connectivity index (χ4v) is 4.83. The van der Waals surface area contributed by atoms with Crippen LogP contribution in [0.4, 0.5) is 5.69 Å². The lowest BCUT2D eigenvalue weighted by Gasteiger charge is -2.17. The van der Waals surface area contributed by atoms with Gasteiger partial charge in [-0.15, -0.1) is 0 Å². The molecule has 3 rings (SSSR count). The number of benzene rings is 2. The molecule has 0 bridgehead atoms. The van der Waals surface area contributed by atoms with Gasteiger partial charge in [-0.2, -0.15) is 4.72 Å². The first kappa shape index (κ1) is 24.3. The topological polar surface area (TPSA) is 137 Å². The molecule has 1 atom stereocenters. The Morgan fingerprint density at radius 3 is 2.45 bits per heavy atom.